The monoisotopic (exact) mass is 446 g/mol. The van der Waals surface area contributed by atoms with Gasteiger partial charge in [-0.1, -0.05) is 36.1 Å². The van der Waals surface area contributed by atoms with Crippen molar-refractivity contribution in [2.45, 2.75) is 13.0 Å². The molecule has 30 heavy (non-hydrogen) atoms. The lowest BCUT2D eigenvalue weighted by Crippen LogP contribution is -2.44. The van der Waals surface area contributed by atoms with E-state index in [1.807, 2.05) is 0 Å². The van der Waals surface area contributed by atoms with Gasteiger partial charge in [0.05, 0.1) is 4.91 Å². The second kappa shape index (κ2) is 8.64. The lowest BCUT2D eigenvalue weighted by molar-refractivity contribution is -0.129. The average molecular weight is 446 g/mol. The van der Waals surface area contributed by atoms with Crippen LogP contribution < -0.4 is 5.32 Å². The Morgan fingerprint density at radius 1 is 1.27 bits per heavy atom. The van der Waals surface area contributed by atoms with Crippen molar-refractivity contribution in [1.29, 1.82) is 0 Å². The van der Waals surface area contributed by atoms with Crippen molar-refractivity contribution in [2.75, 3.05) is 5.32 Å². The topological polar surface area (TPSA) is 107 Å². The van der Waals surface area contributed by atoms with E-state index in [4.69, 9.17) is 17.3 Å². The van der Waals surface area contributed by atoms with Gasteiger partial charge in [0.1, 0.15) is 27.5 Å². The maximum atomic E-state index is 13.4. The molecule has 0 aromatic heterocycles. The zero-order valence-corrected chi connectivity index (χ0v) is 17.1. The fraction of sp³-hybridized carbons (Fsp3) is 0.100. The molecule has 10 heteroatoms. The minimum atomic E-state index is -1.30. The molecule has 1 atom stereocenters. The summed E-state index contributed by atoms with van der Waals surface area (Å²) in [4.78, 5) is 37.7. The molecule has 1 heterocycles. The molecule has 1 aliphatic heterocycles. The summed E-state index contributed by atoms with van der Waals surface area (Å²) < 4.78 is 13.5. The lowest BCUT2D eigenvalue weighted by atomic mass is 10.1. The highest BCUT2D eigenvalue weighted by Gasteiger charge is 2.38. The molecule has 2 aromatic carbocycles. The summed E-state index contributed by atoms with van der Waals surface area (Å²) in [7, 11) is 0. The third kappa shape index (κ3) is 4.50. The van der Waals surface area contributed by atoms with E-state index < -0.39 is 35.4 Å². The number of carboxylic acids is 1. The highest BCUT2D eigenvalue weighted by molar-refractivity contribution is 8.26. The third-order valence-electron chi connectivity index (χ3n) is 4.23. The van der Waals surface area contributed by atoms with Crippen molar-refractivity contribution >= 4 is 57.8 Å². The van der Waals surface area contributed by atoms with Crippen LogP contribution in [0.25, 0.3) is 6.08 Å². The van der Waals surface area contributed by atoms with Crippen LogP contribution >= 0.6 is 24.0 Å². The van der Waals surface area contributed by atoms with Crippen LogP contribution in [0.2, 0.25) is 0 Å². The number of thioether (sulfide) groups is 1. The Bertz CT molecular complexity index is 1100. The van der Waals surface area contributed by atoms with Crippen molar-refractivity contribution < 1.29 is 29.0 Å². The Morgan fingerprint density at radius 2 is 2.00 bits per heavy atom. The van der Waals surface area contributed by atoms with Gasteiger partial charge in [-0.05, 0) is 42.8 Å². The number of anilines is 1. The molecule has 2 amide bonds. The fourth-order valence-electron chi connectivity index (χ4n) is 2.72. The van der Waals surface area contributed by atoms with E-state index in [-0.39, 0.29) is 20.5 Å². The number of carbonyl (C=O) groups excluding carboxylic acids is 2. The van der Waals surface area contributed by atoms with Gasteiger partial charge in [0.25, 0.3) is 5.91 Å². The first-order chi connectivity index (χ1) is 14.2. The Labute approximate surface area is 180 Å². The van der Waals surface area contributed by atoms with Gasteiger partial charge in [-0.25, -0.2) is 9.18 Å². The molecular formula is C20H15FN2O5S2. The van der Waals surface area contributed by atoms with Gasteiger partial charge in [0.15, 0.2) is 0 Å². The number of hydrogen-bond donors (Lipinski definition) is 3. The zero-order valence-electron chi connectivity index (χ0n) is 15.5. The molecule has 1 fully saturated rings. The van der Waals surface area contributed by atoms with Crippen LogP contribution in [0.5, 0.6) is 5.75 Å². The second-order valence-corrected chi connectivity index (χ2v) is 7.98. The molecule has 2 aromatic rings. The predicted molar refractivity (Wildman–Crippen MR) is 115 cm³/mol. The lowest BCUT2D eigenvalue weighted by Gasteiger charge is -2.22. The number of nitrogens with one attached hydrogen (secondary N) is 1. The van der Waals surface area contributed by atoms with Crippen LogP contribution in [-0.2, 0) is 9.59 Å². The van der Waals surface area contributed by atoms with Crippen molar-refractivity contribution in [3.63, 3.8) is 0 Å². The minimum absolute atomic E-state index is 0.162. The number of nitrogens with zero attached hydrogens (tertiary/aromatic N) is 1. The van der Waals surface area contributed by atoms with E-state index in [1.165, 1.54) is 37.3 Å². The number of benzene rings is 2. The van der Waals surface area contributed by atoms with Gasteiger partial charge in [-0.2, -0.15) is 0 Å². The Morgan fingerprint density at radius 3 is 2.63 bits per heavy atom. The molecule has 154 valence electrons. The third-order valence-corrected chi connectivity index (χ3v) is 5.56. The number of rotatable bonds is 5. The molecule has 0 radical (unpaired) electrons. The molecule has 7 nitrogen and oxygen atoms in total. The van der Waals surface area contributed by atoms with Gasteiger partial charge in [-0.3, -0.25) is 14.5 Å². The quantitative estimate of drug-likeness (QED) is 0.477. The summed E-state index contributed by atoms with van der Waals surface area (Å²) in [6.07, 6.45) is 1.50. The van der Waals surface area contributed by atoms with E-state index in [2.05, 4.69) is 5.32 Å². The molecule has 3 rings (SSSR count). The number of halogens is 1. The van der Waals surface area contributed by atoms with Gasteiger partial charge in [0, 0.05) is 11.8 Å². The summed E-state index contributed by atoms with van der Waals surface area (Å²) in [6.45, 7) is 1.48. The average Bonchev–Trinajstić information content (AvgIpc) is 2.94. The Kier molecular flexibility index (Phi) is 6.18. The van der Waals surface area contributed by atoms with Crippen LogP contribution in [0, 0.1) is 5.82 Å². The molecule has 0 saturated carbocycles. The number of carbonyl (C=O) groups is 3. The van der Waals surface area contributed by atoms with Crippen molar-refractivity contribution in [2.24, 2.45) is 0 Å². The highest BCUT2D eigenvalue weighted by Crippen LogP contribution is 2.34. The van der Waals surface area contributed by atoms with E-state index >= 15 is 0 Å². The molecule has 0 bridgehead atoms. The SMILES string of the molecule is CC(C(=O)Nc1ccc(C(=O)O)c(O)c1)N1C(=O)/C(=C/c2cccc(F)c2)SC1=S. The number of aromatic carboxylic acids is 1. The number of aromatic hydroxyl groups is 1. The van der Waals surface area contributed by atoms with Crippen LogP contribution in [0.1, 0.15) is 22.8 Å². The van der Waals surface area contributed by atoms with Gasteiger partial charge in [-0.15, -0.1) is 0 Å². The normalized spacial score (nSPS) is 16.1. The van der Waals surface area contributed by atoms with Crippen LogP contribution in [0.15, 0.2) is 47.4 Å². The first kappa shape index (κ1) is 21.5. The molecule has 3 N–H and O–H groups in total. The standard InChI is InChI=1S/C20H15FN2O5S2/c1-10(17(25)22-13-5-6-14(19(27)28)15(24)9-13)23-18(26)16(30-20(23)29)8-11-3-2-4-12(21)7-11/h2-10,24H,1H3,(H,22,25)(H,27,28)/b16-8-. The minimum Gasteiger partial charge on any atom is -0.507 e. The highest BCUT2D eigenvalue weighted by atomic mass is 32.2. The van der Waals surface area contributed by atoms with Gasteiger partial charge >= 0.3 is 5.97 Å². The van der Waals surface area contributed by atoms with Gasteiger partial charge in [0.2, 0.25) is 5.91 Å². The molecule has 0 spiro atoms. The summed E-state index contributed by atoms with van der Waals surface area (Å²) >= 11 is 6.23. The number of carboxylic acid groups (broad SMARTS) is 1. The van der Waals surface area contributed by atoms with Gasteiger partial charge < -0.3 is 15.5 Å². The smallest absolute Gasteiger partial charge is 0.339 e. The van der Waals surface area contributed by atoms with Crippen LogP contribution in [0.4, 0.5) is 10.1 Å². The maximum absolute atomic E-state index is 13.4. The first-order valence-corrected chi connectivity index (χ1v) is 9.79. The predicted octanol–water partition coefficient (Wildman–Crippen LogP) is 3.46. The number of phenols is 1. The molecule has 1 aliphatic rings. The number of thiocarbonyl (C=S) groups is 1. The summed E-state index contributed by atoms with van der Waals surface area (Å²) in [5, 5.41) is 21.2. The molecule has 1 saturated heterocycles. The number of hydrogen-bond acceptors (Lipinski definition) is 6. The second-order valence-electron chi connectivity index (χ2n) is 6.31. The summed E-state index contributed by atoms with van der Waals surface area (Å²) in [5.41, 5.74) is 0.345. The largest absolute Gasteiger partial charge is 0.507 e. The summed E-state index contributed by atoms with van der Waals surface area (Å²) in [6, 6.07) is 8.31. The van der Waals surface area contributed by atoms with Crippen molar-refractivity contribution in [3.05, 3.63) is 64.3 Å². The van der Waals surface area contributed by atoms with E-state index in [1.54, 1.807) is 6.07 Å². The number of amides is 2. The van der Waals surface area contributed by atoms with E-state index in [9.17, 15) is 23.9 Å². The molecule has 1 unspecified atom stereocenters. The van der Waals surface area contributed by atoms with Crippen LogP contribution in [0.3, 0.4) is 0 Å². The Hall–Kier alpha value is -3.24. The Balaban J connectivity index is 1.76. The molecule has 0 aliphatic carbocycles. The molecular weight excluding hydrogens is 431 g/mol. The van der Waals surface area contributed by atoms with Crippen molar-refractivity contribution in [3.8, 4) is 5.75 Å². The van der Waals surface area contributed by atoms with Crippen molar-refractivity contribution in [1.82, 2.24) is 4.90 Å². The van der Waals surface area contributed by atoms with Crippen LogP contribution in [-0.4, -0.2) is 43.3 Å². The maximum Gasteiger partial charge on any atom is 0.339 e. The van der Waals surface area contributed by atoms with E-state index in [0.717, 1.165) is 28.8 Å². The summed E-state index contributed by atoms with van der Waals surface area (Å²) in [5.74, 6) is -3.32. The van der Waals surface area contributed by atoms with E-state index in [0.29, 0.717) is 5.56 Å². The zero-order chi connectivity index (χ0) is 22.0. The fourth-order valence-corrected chi connectivity index (χ4v) is 4.13. The first-order valence-electron chi connectivity index (χ1n) is 8.57.